The van der Waals surface area contributed by atoms with Crippen molar-refractivity contribution in [3.05, 3.63) is 76.6 Å². The van der Waals surface area contributed by atoms with Crippen molar-refractivity contribution in [2.75, 3.05) is 5.32 Å². The zero-order valence-corrected chi connectivity index (χ0v) is 16.8. The maximum atomic E-state index is 15.2. The molecule has 0 saturated heterocycles. The zero-order chi connectivity index (χ0) is 19.7. The van der Waals surface area contributed by atoms with E-state index in [1.165, 1.54) is 17.6 Å². The first-order valence-corrected chi connectivity index (χ1v) is 10.1. The minimum absolute atomic E-state index is 0.163. The molecule has 0 bridgehead atoms. The first kappa shape index (κ1) is 18.8. The van der Waals surface area contributed by atoms with Gasteiger partial charge in [0.05, 0.1) is 14.7 Å². The van der Waals surface area contributed by atoms with Gasteiger partial charge in [0.15, 0.2) is 5.79 Å². The molecule has 2 aromatic heterocycles. The minimum atomic E-state index is -1.43. The van der Waals surface area contributed by atoms with Crippen LogP contribution >= 0.6 is 22.9 Å². The summed E-state index contributed by atoms with van der Waals surface area (Å²) < 4.78 is 16.1. The van der Waals surface area contributed by atoms with E-state index in [0.29, 0.717) is 11.4 Å². The first-order chi connectivity index (χ1) is 13.5. The van der Waals surface area contributed by atoms with Crippen LogP contribution in [0.5, 0.6) is 0 Å². The number of anilines is 1. The van der Waals surface area contributed by atoms with Crippen LogP contribution in [0, 0.1) is 5.41 Å². The Kier molecular flexibility index (Phi) is 5.04. The summed E-state index contributed by atoms with van der Waals surface area (Å²) in [5, 5.41) is 12.4. The van der Waals surface area contributed by atoms with Gasteiger partial charge >= 0.3 is 0 Å². The fourth-order valence-electron chi connectivity index (χ4n) is 3.15. The van der Waals surface area contributed by atoms with Crippen molar-refractivity contribution >= 4 is 50.3 Å². The van der Waals surface area contributed by atoms with E-state index in [4.69, 9.17) is 17.0 Å². The third kappa shape index (κ3) is 3.86. The van der Waals surface area contributed by atoms with Crippen LogP contribution in [0.25, 0.3) is 16.2 Å². The van der Waals surface area contributed by atoms with E-state index in [1.54, 1.807) is 12.4 Å². The molecule has 6 heteroatoms. The van der Waals surface area contributed by atoms with Gasteiger partial charge < -0.3 is 10.7 Å². The Bertz CT molecular complexity index is 1090. The molecule has 1 aliphatic carbocycles. The zero-order valence-electron chi connectivity index (χ0n) is 15.2. The van der Waals surface area contributed by atoms with Gasteiger partial charge in [0, 0.05) is 36.3 Å². The van der Waals surface area contributed by atoms with Gasteiger partial charge in [-0.1, -0.05) is 54.1 Å². The van der Waals surface area contributed by atoms with Crippen LogP contribution < -0.4 is 5.32 Å². The van der Waals surface area contributed by atoms with Crippen LogP contribution in [0.3, 0.4) is 0 Å². The van der Waals surface area contributed by atoms with Crippen molar-refractivity contribution in [3.8, 4) is 0 Å². The van der Waals surface area contributed by atoms with Gasteiger partial charge in [0.2, 0.25) is 0 Å². The molecule has 0 amide bonds. The number of hydrogen-bond donors (Lipinski definition) is 2. The lowest BCUT2D eigenvalue weighted by Crippen LogP contribution is -2.16. The number of alkyl halides is 1. The van der Waals surface area contributed by atoms with Gasteiger partial charge in [-0.15, -0.1) is 11.3 Å². The van der Waals surface area contributed by atoms with Gasteiger partial charge in [-0.3, -0.25) is 4.98 Å². The van der Waals surface area contributed by atoms with E-state index in [1.807, 2.05) is 55.5 Å². The highest BCUT2D eigenvalue weighted by atomic mass is 35.5. The smallest absolute Gasteiger partial charge is 0.188 e. The minimum Gasteiger partial charge on any atom is -0.345 e. The van der Waals surface area contributed by atoms with Gasteiger partial charge in [-0.05, 0) is 29.7 Å². The van der Waals surface area contributed by atoms with E-state index < -0.39 is 5.79 Å². The van der Waals surface area contributed by atoms with Crippen molar-refractivity contribution in [2.24, 2.45) is 0 Å². The molecular weight excluding hydrogens is 393 g/mol. The number of nitrogens with zero attached hydrogens (tertiary/aromatic N) is 1. The summed E-state index contributed by atoms with van der Waals surface area (Å²) in [7, 11) is 0. The second kappa shape index (κ2) is 7.49. The van der Waals surface area contributed by atoms with E-state index in [9.17, 15) is 0 Å². The number of allylic oxidation sites excluding steroid dienone is 3. The number of hydrogen-bond acceptors (Lipinski definition) is 4. The fraction of sp³-hybridized carbons (Fsp3) is 0.182. The topological polar surface area (TPSA) is 48.8 Å². The Morgan fingerprint density at radius 2 is 2.14 bits per heavy atom. The standard InChI is InChI=1S/C22H19ClFN3S/c1-14(11-25)3-2-4-15-5-7-16(8-6-15)18-10-22(18,24)27-21-9-17-19(23)12-26-13-20(17)28-21/h2-9,11-13,18,25,27H,10H2,1H3/b4-2+,14-3-,25-11?. The first-order valence-electron chi connectivity index (χ1n) is 8.94. The molecule has 0 aliphatic heterocycles. The Balaban J connectivity index is 1.45. The summed E-state index contributed by atoms with van der Waals surface area (Å²) in [6, 6.07) is 9.82. The summed E-state index contributed by atoms with van der Waals surface area (Å²) >= 11 is 7.62. The van der Waals surface area contributed by atoms with Crippen LogP contribution in [-0.4, -0.2) is 17.0 Å². The second-order valence-corrected chi connectivity index (χ2v) is 8.46. The van der Waals surface area contributed by atoms with Crippen molar-refractivity contribution in [2.45, 2.75) is 25.1 Å². The predicted octanol–water partition coefficient (Wildman–Crippen LogP) is 6.82. The second-order valence-electron chi connectivity index (χ2n) is 6.97. The molecule has 1 saturated carbocycles. The van der Waals surface area contributed by atoms with Crippen LogP contribution in [-0.2, 0) is 0 Å². The number of nitrogens with one attached hydrogen (secondary N) is 2. The Labute approximate surface area is 172 Å². The third-order valence-electron chi connectivity index (χ3n) is 4.84. The molecule has 0 radical (unpaired) electrons. The average Bonchev–Trinajstić information content (AvgIpc) is 3.16. The number of fused-ring (bicyclic) bond motifs is 1. The number of pyridine rings is 1. The fourth-order valence-corrected chi connectivity index (χ4v) is 4.45. The van der Waals surface area contributed by atoms with Gasteiger partial charge in [-0.2, -0.15) is 0 Å². The lowest BCUT2D eigenvalue weighted by molar-refractivity contribution is 0.340. The quantitative estimate of drug-likeness (QED) is 0.265. The number of halogens is 2. The number of thiophene rings is 1. The van der Waals surface area contributed by atoms with Crippen LogP contribution in [0.1, 0.15) is 30.4 Å². The van der Waals surface area contributed by atoms with Gasteiger partial charge in [-0.25, -0.2) is 4.39 Å². The lowest BCUT2D eigenvalue weighted by atomic mass is 10.1. The molecule has 0 spiro atoms. The molecule has 1 fully saturated rings. The number of benzene rings is 1. The lowest BCUT2D eigenvalue weighted by Gasteiger charge is -2.10. The van der Waals surface area contributed by atoms with Crippen molar-refractivity contribution in [1.29, 1.82) is 5.41 Å². The highest BCUT2D eigenvalue weighted by Crippen LogP contribution is 2.55. The molecule has 2 heterocycles. The molecule has 4 rings (SSSR count). The molecule has 1 aliphatic rings. The van der Waals surface area contributed by atoms with Crippen molar-refractivity contribution in [3.63, 3.8) is 0 Å². The molecule has 3 aromatic rings. The molecule has 1 aromatic carbocycles. The summed E-state index contributed by atoms with van der Waals surface area (Å²) in [6.45, 7) is 1.88. The summed E-state index contributed by atoms with van der Waals surface area (Å²) in [6.07, 6.45) is 10.9. The van der Waals surface area contributed by atoms with Gasteiger partial charge in [0.25, 0.3) is 0 Å². The third-order valence-corrected chi connectivity index (χ3v) is 6.12. The Morgan fingerprint density at radius 1 is 1.36 bits per heavy atom. The number of rotatable bonds is 6. The molecule has 2 N–H and O–H groups in total. The maximum Gasteiger partial charge on any atom is 0.188 e. The highest BCUT2D eigenvalue weighted by molar-refractivity contribution is 7.22. The van der Waals surface area contributed by atoms with Crippen molar-refractivity contribution < 1.29 is 4.39 Å². The molecule has 3 nitrogen and oxygen atoms in total. The monoisotopic (exact) mass is 411 g/mol. The number of aromatic nitrogens is 1. The predicted molar refractivity (Wildman–Crippen MR) is 117 cm³/mol. The highest BCUT2D eigenvalue weighted by Gasteiger charge is 2.56. The SMILES string of the molecule is C/C(C=N)=C/C=C/c1ccc(C2CC2(F)Nc2cc3c(Cl)cncc3s2)cc1. The summed E-state index contributed by atoms with van der Waals surface area (Å²) in [4.78, 5) is 4.08. The normalized spacial score (nSPS) is 22.0. The largest absolute Gasteiger partial charge is 0.345 e. The van der Waals surface area contributed by atoms with E-state index >= 15 is 4.39 Å². The van der Waals surface area contributed by atoms with E-state index in [-0.39, 0.29) is 5.92 Å². The Morgan fingerprint density at radius 3 is 2.86 bits per heavy atom. The van der Waals surface area contributed by atoms with E-state index in [0.717, 1.165) is 31.8 Å². The van der Waals surface area contributed by atoms with Gasteiger partial charge in [0.1, 0.15) is 0 Å². The molecule has 2 atom stereocenters. The Hall–Kier alpha value is -2.50. The summed E-state index contributed by atoms with van der Waals surface area (Å²) in [5.74, 6) is -1.59. The molecule has 2 unspecified atom stereocenters. The average molecular weight is 412 g/mol. The van der Waals surface area contributed by atoms with E-state index in [2.05, 4.69) is 10.3 Å². The maximum absolute atomic E-state index is 15.2. The van der Waals surface area contributed by atoms with Crippen LogP contribution in [0.4, 0.5) is 9.39 Å². The van der Waals surface area contributed by atoms with Crippen LogP contribution in [0.15, 0.2) is 60.5 Å². The molecular formula is C22H19ClFN3S. The van der Waals surface area contributed by atoms with Crippen LogP contribution in [0.2, 0.25) is 5.02 Å². The molecule has 28 heavy (non-hydrogen) atoms. The molecule has 142 valence electrons. The summed E-state index contributed by atoms with van der Waals surface area (Å²) in [5.41, 5.74) is 2.92. The van der Waals surface area contributed by atoms with Crippen molar-refractivity contribution in [1.82, 2.24) is 4.98 Å².